The summed E-state index contributed by atoms with van der Waals surface area (Å²) in [5.74, 6) is 6.01. The lowest BCUT2D eigenvalue weighted by atomic mass is 10.1. The first-order valence-electron chi connectivity index (χ1n) is 18.3. The summed E-state index contributed by atoms with van der Waals surface area (Å²) in [6, 6.07) is 11.3. The number of sulfonamides is 1. The summed E-state index contributed by atoms with van der Waals surface area (Å²) in [6.45, 7) is 7.38. The van der Waals surface area contributed by atoms with Crippen molar-refractivity contribution in [2.24, 2.45) is 0 Å². The molecule has 1 aliphatic rings. The van der Waals surface area contributed by atoms with E-state index in [1.165, 1.54) is 29.9 Å². The predicted octanol–water partition coefficient (Wildman–Crippen LogP) is 5.12. The van der Waals surface area contributed by atoms with Crippen molar-refractivity contribution in [2.45, 2.75) is 62.9 Å². The fourth-order valence-corrected chi connectivity index (χ4v) is 6.63. The van der Waals surface area contributed by atoms with Gasteiger partial charge in [0.25, 0.3) is 0 Å². The molecule has 1 aromatic heterocycles. The monoisotopic (exact) mass is 811 g/mol. The summed E-state index contributed by atoms with van der Waals surface area (Å²) < 4.78 is 103. The van der Waals surface area contributed by atoms with Crippen LogP contribution in [0.1, 0.15) is 39.3 Å². The first-order chi connectivity index (χ1) is 26.6. The van der Waals surface area contributed by atoms with E-state index in [-0.39, 0.29) is 55.3 Å². The molecule has 56 heavy (non-hydrogen) atoms. The molecule has 2 aromatic carbocycles. The molecule has 2 heterocycles. The van der Waals surface area contributed by atoms with Gasteiger partial charge in [-0.1, -0.05) is 12.0 Å². The van der Waals surface area contributed by atoms with Crippen molar-refractivity contribution in [1.29, 1.82) is 0 Å². The Morgan fingerprint density at radius 2 is 1.61 bits per heavy atom. The molecule has 0 bridgehead atoms. The van der Waals surface area contributed by atoms with Gasteiger partial charge in [0.05, 0.1) is 75.1 Å². The fourth-order valence-electron chi connectivity index (χ4n) is 5.60. The van der Waals surface area contributed by atoms with Gasteiger partial charge in [0.2, 0.25) is 10.0 Å². The fraction of sp³-hybridized carbons (Fsp3) is 0.553. The number of hydrogen-bond acceptors (Lipinski definition) is 11. The number of nitrogens with one attached hydrogen (secondary N) is 4. The number of benzene rings is 2. The molecule has 1 aliphatic heterocycles. The summed E-state index contributed by atoms with van der Waals surface area (Å²) in [7, 11) is -2.50. The number of halogens is 3. The average molecular weight is 812 g/mol. The third-order valence-electron chi connectivity index (χ3n) is 8.13. The molecular formula is C38H52F3N5O9S. The van der Waals surface area contributed by atoms with E-state index in [2.05, 4.69) is 32.5 Å². The molecule has 0 unspecified atom stereocenters. The third kappa shape index (κ3) is 15.0. The molecule has 0 aliphatic carbocycles. The summed E-state index contributed by atoms with van der Waals surface area (Å²) in [5.41, 5.74) is 1.26. The minimum atomic E-state index is -4.46. The molecule has 4 N–H and O–H groups in total. The first-order valence-corrected chi connectivity index (χ1v) is 19.8. The van der Waals surface area contributed by atoms with E-state index in [9.17, 15) is 26.4 Å². The number of amides is 1. The maximum absolute atomic E-state index is 13.6. The van der Waals surface area contributed by atoms with Crippen LogP contribution in [0.5, 0.6) is 5.75 Å². The number of fused-ring (bicyclic) bond motifs is 1. The van der Waals surface area contributed by atoms with Crippen molar-refractivity contribution in [2.75, 3.05) is 90.2 Å². The zero-order valence-electron chi connectivity index (χ0n) is 32.2. The number of hydrogen-bond donors (Lipinski definition) is 4. The molecule has 0 radical (unpaired) electrons. The topological polar surface area (TPSA) is 160 Å². The van der Waals surface area contributed by atoms with E-state index in [1.807, 2.05) is 6.07 Å². The van der Waals surface area contributed by atoms with E-state index in [1.54, 1.807) is 39.0 Å². The molecule has 1 saturated heterocycles. The summed E-state index contributed by atoms with van der Waals surface area (Å²) >= 11 is 0. The van der Waals surface area contributed by atoms with Gasteiger partial charge in [-0.05, 0) is 69.9 Å². The Balaban J connectivity index is 1.21. The van der Waals surface area contributed by atoms with Crippen LogP contribution in [0.25, 0.3) is 10.9 Å². The zero-order chi connectivity index (χ0) is 40.6. The Hall–Kier alpha value is -4.25. The maximum Gasteiger partial charge on any atom is 0.407 e. The highest BCUT2D eigenvalue weighted by Crippen LogP contribution is 2.31. The van der Waals surface area contributed by atoms with Crippen LogP contribution in [0, 0.1) is 11.8 Å². The van der Waals surface area contributed by atoms with Gasteiger partial charge in [-0.3, -0.25) is 0 Å². The summed E-state index contributed by atoms with van der Waals surface area (Å²) in [4.78, 5) is 11.5. The van der Waals surface area contributed by atoms with Crippen LogP contribution in [0.2, 0.25) is 0 Å². The van der Waals surface area contributed by atoms with Crippen LogP contribution in [0.15, 0.2) is 47.4 Å². The Bertz CT molecular complexity index is 1880. The van der Waals surface area contributed by atoms with Crippen molar-refractivity contribution < 1.29 is 54.8 Å². The highest BCUT2D eigenvalue weighted by molar-refractivity contribution is 7.89. The molecule has 310 valence electrons. The van der Waals surface area contributed by atoms with Gasteiger partial charge in [0.15, 0.2) is 0 Å². The number of carbonyl (C=O) groups is 1. The average Bonchev–Trinajstić information content (AvgIpc) is 3.48. The predicted molar refractivity (Wildman–Crippen MR) is 206 cm³/mol. The lowest BCUT2D eigenvalue weighted by Crippen LogP contribution is -2.34. The number of rotatable bonds is 20. The van der Waals surface area contributed by atoms with Crippen molar-refractivity contribution in [3.05, 3.63) is 48.2 Å². The Kier molecular flexibility index (Phi) is 16.9. The molecule has 14 nitrogen and oxygen atoms in total. The number of alkyl carbamates (subject to hydrolysis) is 1. The van der Waals surface area contributed by atoms with E-state index < -0.39 is 34.4 Å². The zero-order valence-corrected chi connectivity index (χ0v) is 33.0. The van der Waals surface area contributed by atoms with E-state index in [0.717, 1.165) is 18.5 Å². The summed E-state index contributed by atoms with van der Waals surface area (Å²) in [5, 5.41) is 9.76. The van der Waals surface area contributed by atoms with E-state index in [0.29, 0.717) is 56.2 Å². The van der Waals surface area contributed by atoms with Crippen LogP contribution in [-0.4, -0.2) is 116 Å². The normalized spacial score (nSPS) is 13.9. The minimum Gasteiger partial charge on any atom is -0.495 e. The smallest absolute Gasteiger partial charge is 0.407 e. The largest absolute Gasteiger partial charge is 0.495 e. The van der Waals surface area contributed by atoms with Gasteiger partial charge < -0.3 is 48.9 Å². The highest BCUT2D eigenvalue weighted by atomic mass is 32.2. The lowest BCUT2D eigenvalue weighted by Gasteiger charge is -2.24. The molecule has 0 atom stereocenters. The number of methoxy groups -OCH3 is 1. The molecule has 0 saturated carbocycles. The van der Waals surface area contributed by atoms with Gasteiger partial charge in [-0.15, -0.1) is 0 Å². The highest BCUT2D eigenvalue weighted by Gasteiger charge is 2.30. The third-order valence-corrected chi connectivity index (χ3v) is 9.59. The first kappa shape index (κ1) is 44.5. The second kappa shape index (κ2) is 21.3. The second-order valence-corrected chi connectivity index (χ2v) is 15.4. The molecule has 3 aromatic rings. The maximum atomic E-state index is 13.6. The quantitative estimate of drug-likeness (QED) is 0.0887. The Morgan fingerprint density at radius 3 is 2.27 bits per heavy atom. The van der Waals surface area contributed by atoms with Crippen LogP contribution in [-0.2, 0) is 40.3 Å². The SMILES string of the molecule is COc1cc(S(=O)(=O)NCCOCCOCCOCCNC(=O)OC(C)(C)C)ccc1NCC#Cc1cc2c(NC3CCOCC3)cccc2n1CC(F)(F)F. The molecule has 1 fully saturated rings. The van der Waals surface area contributed by atoms with Gasteiger partial charge in [0.1, 0.15) is 17.9 Å². The molecule has 1 amide bonds. The van der Waals surface area contributed by atoms with Crippen LogP contribution < -0.4 is 25.4 Å². The second-order valence-electron chi connectivity index (χ2n) is 13.7. The number of nitrogens with zero attached hydrogens (tertiary/aromatic N) is 1. The van der Waals surface area contributed by atoms with Crippen molar-refractivity contribution in [3.8, 4) is 17.6 Å². The minimum absolute atomic E-state index is 0.0200. The number of carbonyl (C=O) groups excluding carboxylic acids is 1. The van der Waals surface area contributed by atoms with Gasteiger partial charge in [-0.25, -0.2) is 17.9 Å². The molecule has 0 spiro atoms. The van der Waals surface area contributed by atoms with Crippen LogP contribution in [0.3, 0.4) is 0 Å². The van der Waals surface area contributed by atoms with Gasteiger partial charge in [0, 0.05) is 49.5 Å². The summed E-state index contributed by atoms with van der Waals surface area (Å²) in [6.07, 6.45) is -3.36. The molecular weight excluding hydrogens is 760 g/mol. The van der Waals surface area contributed by atoms with Crippen LogP contribution in [0.4, 0.5) is 29.3 Å². The number of alkyl halides is 3. The van der Waals surface area contributed by atoms with Gasteiger partial charge >= 0.3 is 12.3 Å². The molecule has 4 rings (SSSR count). The number of ether oxygens (including phenoxy) is 6. The lowest BCUT2D eigenvalue weighted by molar-refractivity contribution is -0.140. The molecule has 18 heteroatoms. The van der Waals surface area contributed by atoms with Crippen molar-refractivity contribution >= 4 is 38.4 Å². The van der Waals surface area contributed by atoms with Gasteiger partial charge in [-0.2, -0.15) is 13.2 Å². The Morgan fingerprint density at radius 1 is 0.929 bits per heavy atom. The van der Waals surface area contributed by atoms with Crippen LogP contribution >= 0.6 is 0 Å². The Labute approximate surface area is 326 Å². The van der Waals surface area contributed by atoms with Crippen molar-refractivity contribution in [3.63, 3.8) is 0 Å². The van der Waals surface area contributed by atoms with Crippen molar-refractivity contribution in [1.82, 2.24) is 14.6 Å². The van der Waals surface area contributed by atoms with E-state index >= 15 is 0 Å². The van der Waals surface area contributed by atoms with E-state index in [4.69, 9.17) is 28.4 Å². The number of anilines is 2. The standard InChI is InChI=1S/C38H52F3N5O9S/c1-37(2,3)55-36(47)43-15-19-52-21-23-54-24-22-53-20-16-44-56(48,49)30-10-11-33(35(26-30)50-4)42-14-6-7-29-25-31-32(45-28-12-17-51-18-13-28)8-5-9-34(31)46(29)27-38(39,40)41/h5,8-11,25-26,28,42,44-45H,12-24,27H2,1-4H3,(H,43,47). The number of aromatic nitrogens is 1.